The molecule has 2 heterocycles. The topological polar surface area (TPSA) is 118 Å². The van der Waals surface area contributed by atoms with Gasteiger partial charge in [0, 0.05) is 21.1 Å². The van der Waals surface area contributed by atoms with Gasteiger partial charge in [-0.2, -0.15) is 26.3 Å². The molecule has 9 nitrogen and oxygen atoms in total. The van der Waals surface area contributed by atoms with Gasteiger partial charge in [-0.3, -0.25) is 29.3 Å². The van der Waals surface area contributed by atoms with Crippen molar-refractivity contribution in [2.45, 2.75) is 31.6 Å². The summed E-state index contributed by atoms with van der Waals surface area (Å²) in [5, 5.41) is 11.3. The number of nitro benzene ring substituents is 1. The number of hydrogen-bond acceptors (Lipinski definition) is 6. The van der Waals surface area contributed by atoms with Crippen LogP contribution >= 0.6 is 31.9 Å². The van der Waals surface area contributed by atoms with E-state index in [9.17, 15) is 29.3 Å². The number of hydrogen-bond donors (Lipinski definition) is 0. The molecule has 6 rings (SSSR count). The van der Waals surface area contributed by atoms with E-state index >= 15 is 26.3 Å². The average Bonchev–Trinajstić information content (AvgIpc) is 3.39. The van der Waals surface area contributed by atoms with Crippen molar-refractivity contribution >= 4 is 72.6 Å². The summed E-state index contributed by atoms with van der Waals surface area (Å²) in [5.74, 6) is -4.51. The zero-order valence-electron chi connectivity index (χ0n) is 25.2. The minimum Gasteiger partial charge on any atom is -0.268 e. The normalized spacial score (nSPS) is 14.8. The minimum absolute atomic E-state index is 0.0962. The number of nitrogens with zero attached hydrogens (tertiary/aromatic N) is 3. The van der Waals surface area contributed by atoms with E-state index in [1.165, 1.54) is 6.07 Å². The van der Waals surface area contributed by atoms with Crippen LogP contribution in [0.15, 0.2) is 75.7 Å². The molecule has 0 fully saturated rings. The third-order valence-electron chi connectivity index (χ3n) is 8.52. The van der Waals surface area contributed by atoms with Crippen LogP contribution < -0.4 is 9.80 Å². The van der Waals surface area contributed by atoms with Gasteiger partial charge in [0.25, 0.3) is 29.3 Å². The molecule has 50 heavy (non-hydrogen) atoms. The lowest BCUT2D eigenvalue weighted by molar-refractivity contribution is -0.385. The highest BCUT2D eigenvalue weighted by atomic mass is 79.9. The zero-order valence-corrected chi connectivity index (χ0v) is 28.3. The number of aryl methyl sites for hydroxylation is 2. The highest BCUT2D eigenvalue weighted by Gasteiger charge is 2.73. The van der Waals surface area contributed by atoms with E-state index < -0.39 is 85.4 Å². The number of halogens is 8. The summed E-state index contributed by atoms with van der Waals surface area (Å²) in [6.07, 6.45) is -12.3. The predicted molar refractivity (Wildman–Crippen MR) is 172 cm³/mol. The molecule has 0 spiro atoms. The number of carbonyl (C=O) groups is 4. The smallest absolute Gasteiger partial charge is 0.268 e. The van der Waals surface area contributed by atoms with Crippen molar-refractivity contribution in [2.75, 3.05) is 9.80 Å². The summed E-state index contributed by atoms with van der Waals surface area (Å²) in [7, 11) is 0. The number of anilines is 2. The Balaban J connectivity index is 1.51. The van der Waals surface area contributed by atoms with Gasteiger partial charge in [-0.25, -0.2) is 9.80 Å². The molecule has 2 aliphatic rings. The standard InChI is InChI=1S/C33H17Br2F6N3O6/c1-14-3-8-25(15(2)9-14)42-27(45)19-6-4-16(10-21(19)29(42)47)31(32(36,37)38,33(39,40)41)17-5-7-20-22(11-17)30(48)43(28(20)46)26-23(34)12-18(44(49)50)13-24(26)35/h3-13H,1-2H3. The monoisotopic (exact) mass is 823 g/mol. The van der Waals surface area contributed by atoms with Gasteiger partial charge < -0.3 is 0 Å². The summed E-state index contributed by atoms with van der Waals surface area (Å²) < 4.78 is 90.7. The third kappa shape index (κ3) is 4.96. The van der Waals surface area contributed by atoms with Crippen LogP contribution in [-0.4, -0.2) is 40.9 Å². The Hall–Kier alpha value is -4.90. The summed E-state index contributed by atoms with van der Waals surface area (Å²) in [4.78, 5) is 65.3. The second-order valence-corrected chi connectivity index (χ2v) is 13.2. The summed E-state index contributed by atoms with van der Waals surface area (Å²) in [5.41, 5.74) is -9.68. The Morgan fingerprint density at radius 2 is 1.06 bits per heavy atom. The van der Waals surface area contributed by atoms with E-state index in [0.717, 1.165) is 17.7 Å². The number of alkyl halides is 6. The van der Waals surface area contributed by atoms with Crippen LogP contribution in [0.4, 0.5) is 43.4 Å². The van der Waals surface area contributed by atoms with E-state index in [0.29, 0.717) is 51.8 Å². The van der Waals surface area contributed by atoms with Gasteiger partial charge in [0.1, 0.15) is 0 Å². The van der Waals surface area contributed by atoms with E-state index in [1.54, 1.807) is 26.0 Å². The van der Waals surface area contributed by atoms with Gasteiger partial charge in [0.05, 0.1) is 38.6 Å². The highest BCUT2D eigenvalue weighted by Crippen LogP contribution is 2.57. The van der Waals surface area contributed by atoms with Crippen molar-refractivity contribution in [3.8, 4) is 0 Å². The molecule has 0 unspecified atom stereocenters. The molecule has 0 radical (unpaired) electrons. The van der Waals surface area contributed by atoms with Gasteiger partial charge in [-0.1, -0.05) is 29.8 Å². The van der Waals surface area contributed by atoms with E-state index in [2.05, 4.69) is 31.9 Å². The molecule has 256 valence electrons. The molecule has 4 aromatic rings. The molecular weight excluding hydrogens is 808 g/mol. The molecule has 0 aromatic heterocycles. The maximum Gasteiger partial charge on any atom is 0.411 e. The van der Waals surface area contributed by atoms with Crippen molar-refractivity contribution in [1.29, 1.82) is 0 Å². The van der Waals surface area contributed by atoms with E-state index in [1.807, 2.05) is 0 Å². The molecule has 17 heteroatoms. The fraction of sp³-hybridized carbons (Fsp3) is 0.152. The molecule has 0 bridgehead atoms. The number of rotatable bonds is 5. The van der Waals surface area contributed by atoms with Crippen molar-refractivity contribution < 1.29 is 50.4 Å². The maximum absolute atomic E-state index is 15.2. The molecule has 0 saturated carbocycles. The van der Waals surface area contributed by atoms with Crippen LogP contribution in [0.1, 0.15) is 63.7 Å². The number of non-ortho nitro benzene ring substituents is 1. The largest absolute Gasteiger partial charge is 0.411 e. The van der Waals surface area contributed by atoms with Crippen molar-refractivity contribution in [2.24, 2.45) is 0 Å². The predicted octanol–water partition coefficient (Wildman–Crippen LogP) is 8.75. The van der Waals surface area contributed by atoms with Crippen LogP contribution in [0.3, 0.4) is 0 Å². The van der Waals surface area contributed by atoms with Crippen LogP contribution in [-0.2, 0) is 5.41 Å². The number of nitro groups is 1. The maximum atomic E-state index is 15.2. The Kier molecular flexibility index (Phi) is 8.09. The average molecular weight is 825 g/mol. The number of imide groups is 2. The lowest BCUT2D eigenvalue weighted by atomic mass is 9.71. The molecule has 4 aromatic carbocycles. The first-order chi connectivity index (χ1) is 23.2. The Bertz CT molecular complexity index is 2200. The Morgan fingerprint density at radius 3 is 1.50 bits per heavy atom. The number of amides is 4. The zero-order chi connectivity index (χ0) is 36.8. The Labute approximate surface area is 293 Å². The molecule has 0 atom stereocenters. The Morgan fingerprint density at radius 1 is 0.620 bits per heavy atom. The van der Waals surface area contributed by atoms with E-state index in [4.69, 9.17) is 0 Å². The first-order valence-corrected chi connectivity index (χ1v) is 15.7. The van der Waals surface area contributed by atoms with Gasteiger partial charge in [0.15, 0.2) is 0 Å². The molecule has 4 amide bonds. The first-order valence-electron chi connectivity index (χ1n) is 14.1. The van der Waals surface area contributed by atoms with Crippen molar-refractivity contribution in [3.05, 3.63) is 130 Å². The second kappa shape index (κ2) is 11.6. The molecule has 2 aliphatic heterocycles. The summed E-state index contributed by atoms with van der Waals surface area (Å²) in [6.45, 7) is 3.32. The van der Waals surface area contributed by atoms with Crippen LogP contribution in [0.25, 0.3) is 0 Å². The van der Waals surface area contributed by atoms with E-state index in [-0.39, 0.29) is 20.3 Å². The number of carbonyl (C=O) groups excluding carboxylic acids is 4. The highest BCUT2D eigenvalue weighted by molar-refractivity contribution is 9.11. The molecule has 0 N–H and O–H groups in total. The lowest BCUT2D eigenvalue weighted by Crippen LogP contribution is -2.55. The van der Waals surface area contributed by atoms with Crippen molar-refractivity contribution in [3.63, 3.8) is 0 Å². The first kappa shape index (κ1) is 34.9. The molecular formula is C33H17Br2F6N3O6. The van der Waals surface area contributed by atoms with Crippen LogP contribution in [0.2, 0.25) is 0 Å². The van der Waals surface area contributed by atoms with Gasteiger partial charge in [0.2, 0.25) is 5.41 Å². The molecule has 0 aliphatic carbocycles. The lowest BCUT2D eigenvalue weighted by Gasteiger charge is -2.38. The van der Waals surface area contributed by atoms with Crippen LogP contribution in [0.5, 0.6) is 0 Å². The summed E-state index contributed by atoms with van der Waals surface area (Å²) >= 11 is 6.06. The van der Waals surface area contributed by atoms with Crippen LogP contribution in [0, 0.1) is 24.0 Å². The van der Waals surface area contributed by atoms with Gasteiger partial charge >= 0.3 is 12.4 Å². The fourth-order valence-corrected chi connectivity index (χ4v) is 7.80. The second-order valence-electron chi connectivity index (χ2n) is 11.5. The number of benzene rings is 4. The number of fused-ring (bicyclic) bond motifs is 2. The van der Waals surface area contributed by atoms with Gasteiger partial charge in [-0.05, 0) is 92.7 Å². The van der Waals surface area contributed by atoms with Crippen molar-refractivity contribution in [1.82, 2.24) is 0 Å². The molecule has 0 saturated heterocycles. The quantitative estimate of drug-likeness (QED) is 0.0860. The van der Waals surface area contributed by atoms with Gasteiger partial charge in [-0.15, -0.1) is 0 Å². The fourth-order valence-electron chi connectivity index (χ4n) is 6.28. The third-order valence-corrected chi connectivity index (χ3v) is 9.73. The minimum atomic E-state index is -6.15. The SMILES string of the molecule is Cc1ccc(N2C(=O)c3ccc(C(c4ccc5c(c4)C(=O)N(c4c(Br)cc([N+](=O)[O-])cc4Br)C5=O)(C(F)(F)F)C(F)(F)F)cc3C2=O)c(C)c1. The summed E-state index contributed by atoms with van der Waals surface area (Å²) in [6, 6.07) is 9.47.